The average molecular weight is 437 g/mol. The monoisotopic (exact) mass is 436 g/mol. The standard InChI is InChI=1S/C20H22Cl2N4O3/c21-14-12-15(22)18(23-13-14)24-7-9-25(10-8-24)19(27)16-4-1-2-6-26(16)20(28)17-5-3-11-29-17/h3,5,11-13,16H,1-2,4,6-10H2. The Morgan fingerprint density at radius 3 is 2.59 bits per heavy atom. The highest BCUT2D eigenvalue weighted by atomic mass is 35.5. The second-order valence-electron chi connectivity index (χ2n) is 7.26. The number of aromatic nitrogens is 1. The summed E-state index contributed by atoms with van der Waals surface area (Å²) in [5.74, 6) is 0.733. The van der Waals surface area contributed by atoms with Crippen molar-refractivity contribution >= 4 is 40.8 Å². The number of piperazine rings is 1. The highest BCUT2D eigenvalue weighted by Gasteiger charge is 2.37. The van der Waals surface area contributed by atoms with Crippen LogP contribution in [0.3, 0.4) is 0 Å². The van der Waals surface area contributed by atoms with Crippen LogP contribution in [0.4, 0.5) is 5.82 Å². The molecule has 154 valence electrons. The average Bonchev–Trinajstić information content (AvgIpc) is 3.28. The van der Waals surface area contributed by atoms with Gasteiger partial charge in [-0.2, -0.15) is 0 Å². The van der Waals surface area contributed by atoms with Crippen molar-refractivity contribution in [2.75, 3.05) is 37.6 Å². The minimum atomic E-state index is -0.440. The minimum absolute atomic E-state index is 0.000539. The Morgan fingerprint density at radius 1 is 1.10 bits per heavy atom. The predicted molar refractivity (Wildman–Crippen MR) is 110 cm³/mol. The molecule has 1 unspecified atom stereocenters. The van der Waals surface area contributed by atoms with Gasteiger partial charge in [-0.3, -0.25) is 9.59 Å². The van der Waals surface area contributed by atoms with E-state index in [-0.39, 0.29) is 17.6 Å². The first-order chi connectivity index (χ1) is 14.0. The van der Waals surface area contributed by atoms with Gasteiger partial charge in [-0.05, 0) is 37.5 Å². The van der Waals surface area contributed by atoms with Gasteiger partial charge in [-0.1, -0.05) is 23.2 Å². The Bertz CT molecular complexity index is 882. The van der Waals surface area contributed by atoms with Crippen LogP contribution in [0.15, 0.2) is 35.1 Å². The third kappa shape index (κ3) is 4.21. The third-order valence-electron chi connectivity index (χ3n) is 5.46. The number of hydrogen-bond acceptors (Lipinski definition) is 5. The molecule has 0 aromatic carbocycles. The molecule has 0 saturated carbocycles. The lowest BCUT2D eigenvalue weighted by molar-refractivity contribution is -0.137. The molecule has 2 amide bonds. The van der Waals surface area contributed by atoms with E-state index in [0.717, 1.165) is 12.8 Å². The lowest BCUT2D eigenvalue weighted by Crippen LogP contribution is -2.57. The number of anilines is 1. The van der Waals surface area contributed by atoms with Gasteiger partial charge in [-0.15, -0.1) is 0 Å². The fourth-order valence-corrected chi connectivity index (χ4v) is 4.46. The van der Waals surface area contributed by atoms with Crippen LogP contribution >= 0.6 is 23.2 Å². The number of carbonyl (C=O) groups excluding carboxylic acids is 2. The lowest BCUT2D eigenvalue weighted by Gasteiger charge is -2.41. The first-order valence-corrected chi connectivity index (χ1v) is 10.5. The van der Waals surface area contributed by atoms with Crippen molar-refractivity contribution in [2.24, 2.45) is 0 Å². The normalized spacial score (nSPS) is 20.1. The number of likely N-dealkylation sites (tertiary alicyclic amines) is 1. The van der Waals surface area contributed by atoms with Crippen LogP contribution in [0.1, 0.15) is 29.8 Å². The van der Waals surface area contributed by atoms with E-state index in [1.54, 1.807) is 29.3 Å². The lowest BCUT2D eigenvalue weighted by atomic mass is 10.00. The third-order valence-corrected chi connectivity index (χ3v) is 5.94. The second kappa shape index (κ2) is 8.63. The van der Waals surface area contributed by atoms with E-state index in [0.29, 0.717) is 55.0 Å². The Kier molecular flexibility index (Phi) is 5.96. The molecule has 4 rings (SSSR count). The molecule has 1 atom stereocenters. The molecule has 2 aliphatic rings. The van der Waals surface area contributed by atoms with Gasteiger partial charge in [0.25, 0.3) is 5.91 Å². The number of pyridine rings is 1. The van der Waals surface area contributed by atoms with Gasteiger partial charge in [0.15, 0.2) is 5.76 Å². The number of rotatable bonds is 3. The quantitative estimate of drug-likeness (QED) is 0.737. The zero-order valence-corrected chi connectivity index (χ0v) is 17.4. The summed E-state index contributed by atoms with van der Waals surface area (Å²) >= 11 is 12.2. The summed E-state index contributed by atoms with van der Waals surface area (Å²) < 4.78 is 5.25. The maximum atomic E-state index is 13.2. The molecule has 2 saturated heterocycles. The molecule has 2 aliphatic heterocycles. The number of halogens is 2. The number of furan rings is 1. The Balaban J connectivity index is 1.42. The van der Waals surface area contributed by atoms with Crippen LogP contribution in [0.2, 0.25) is 10.0 Å². The van der Waals surface area contributed by atoms with Gasteiger partial charge in [-0.25, -0.2) is 4.98 Å². The second-order valence-corrected chi connectivity index (χ2v) is 8.10. The van der Waals surface area contributed by atoms with E-state index >= 15 is 0 Å². The van der Waals surface area contributed by atoms with Crippen LogP contribution in [-0.4, -0.2) is 65.4 Å². The molecule has 2 aromatic heterocycles. The van der Waals surface area contributed by atoms with Gasteiger partial charge in [0.2, 0.25) is 5.91 Å². The van der Waals surface area contributed by atoms with Crippen molar-refractivity contribution in [3.05, 3.63) is 46.5 Å². The molecule has 4 heterocycles. The fourth-order valence-electron chi connectivity index (χ4n) is 3.96. The Labute approximate surface area is 179 Å². The molecule has 7 nitrogen and oxygen atoms in total. The summed E-state index contributed by atoms with van der Waals surface area (Å²) in [7, 11) is 0. The van der Waals surface area contributed by atoms with Crippen LogP contribution in [0.5, 0.6) is 0 Å². The summed E-state index contributed by atoms with van der Waals surface area (Å²) in [6, 6.07) is 4.55. The zero-order chi connectivity index (χ0) is 20.4. The van der Waals surface area contributed by atoms with Crippen molar-refractivity contribution in [3.8, 4) is 0 Å². The molecular formula is C20H22Cl2N4O3. The van der Waals surface area contributed by atoms with Gasteiger partial charge in [0.1, 0.15) is 11.9 Å². The molecule has 0 spiro atoms. The van der Waals surface area contributed by atoms with E-state index < -0.39 is 6.04 Å². The van der Waals surface area contributed by atoms with E-state index in [9.17, 15) is 9.59 Å². The van der Waals surface area contributed by atoms with Crippen molar-refractivity contribution in [2.45, 2.75) is 25.3 Å². The highest BCUT2D eigenvalue weighted by molar-refractivity contribution is 6.36. The number of amides is 2. The SMILES string of the molecule is O=C(C1CCCCN1C(=O)c1ccco1)N1CCN(c2ncc(Cl)cc2Cl)CC1. The van der Waals surface area contributed by atoms with Gasteiger partial charge in [0, 0.05) is 38.9 Å². The van der Waals surface area contributed by atoms with E-state index in [4.69, 9.17) is 27.6 Å². The van der Waals surface area contributed by atoms with E-state index in [1.807, 2.05) is 4.90 Å². The summed E-state index contributed by atoms with van der Waals surface area (Å²) in [5.41, 5.74) is 0. The summed E-state index contributed by atoms with van der Waals surface area (Å²) in [5, 5.41) is 0.992. The van der Waals surface area contributed by atoms with Crippen LogP contribution in [-0.2, 0) is 4.79 Å². The smallest absolute Gasteiger partial charge is 0.290 e. The maximum absolute atomic E-state index is 13.2. The topological polar surface area (TPSA) is 69.9 Å². The first kappa shape index (κ1) is 20.0. The number of carbonyl (C=O) groups is 2. The minimum Gasteiger partial charge on any atom is -0.459 e. The molecule has 0 radical (unpaired) electrons. The molecule has 2 fully saturated rings. The van der Waals surface area contributed by atoms with Gasteiger partial charge < -0.3 is 19.1 Å². The number of piperidine rings is 1. The largest absolute Gasteiger partial charge is 0.459 e. The predicted octanol–water partition coefficient (Wildman–Crippen LogP) is 3.32. The van der Waals surface area contributed by atoms with Crippen molar-refractivity contribution in [1.82, 2.24) is 14.8 Å². The summed E-state index contributed by atoms with van der Waals surface area (Å²) in [6.07, 6.45) is 5.55. The maximum Gasteiger partial charge on any atom is 0.290 e. The van der Waals surface area contributed by atoms with Crippen LogP contribution in [0.25, 0.3) is 0 Å². The zero-order valence-electron chi connectivity index (χ0n) is 15.9. The fraction of sp³-hybridized carbons (Fsp3) is 0.450. The Morgan fingerprint density at radius 2 is 1.90 bits per heavy atom. The first-order valence-electron chi connectivity index (χ1n) is 9.74. The van der Waals surface area contributed by atoms with Crippen molar-refractivity contribution in [1.29, 1.82) is 0 Å². The van der Waals surface area contributed by atoms with Gasteiger partial charge in [0.05, 0.1) is 16.3 Å². The Hall–Kier alpha value is -2.25. The van der Waals surface area contributed by atoms with E-state index in [1.165, 1.54) is 6.26 Å². The van der Waals surface area contributed by atoms with E-state index in [2.05, 4.69) is 9.88 Å². The highest BCUT2D eigenvalue weighted by Crippen LogP contribution is 2.27. The molecule has 0 N–H and O–H groups in total. The molecule has 2 aromatic rings. The molecule has 0 bridgehead atoms. The summed E-state index contributed by atoms with van der Waals surface area (Å²) in [6.45, 7) is 2.93. The van der Waals surface area contributed by atoms with Crippen molar-refractivity contribution < 1.29 is 14.0 Å². The van der Waals surface area contributed by atoms with Crippen molar-refractivity contribution in [3.63, 3.8) is 0 Å². The van der Waals surface area contributed by atoms with Crippen LogP contribution < -0.4 is 4.90 Å². The number of nitrogens with zero attached hydrogens (tertiary/aromatic N) is 4. The molecule has 0 aliphatic carbocycles. The molecular weight excluding hydrogens is 415 g/mol. The number of hydrogen-bond donors (Lipinski definition) is 0. The molecule has 9 heteroatoms. The van der Waals surface area contributed by atoms with Crippen LogP contribution in [0, 0.1) is 0 Å². The summed E-state index contributed by atoms with van der Waals surface area (Å²) in [4.78, 5) is 35.9. The molecule has 29 heavy (non-hydrogen) atoms. The van der Waals surface area contributed by atoms with Gasteiger partial charge >= 0.3 is 0 Å².